The average Bonchev–Trinajstić information content (AvgIpc) is 2.06. The highest BCUT2D eigenvalue weighted by Gasteiger charge is 2.04. The monoisotopic (exact) mass is 167 g/mol. The summed E-state index contributed by atoms with van der Waals surface area (Å²) >= 11 is 0. The average molecular weight is 167 g/mol. The number of azide groups is 1. The summed E-state index contributed by atoms with van der Waals surface area (Å²) < 4.78 is 12.3. The molecule has 1 aromatic rings. The van der Waals surface area contributed by atoms with Gasteiger partial charge >= 0.3 is 0 Å². The molecule has 0 amide bonds. The lowest BCUT2D eigenvalue weighted by Gasteiger charge is -2.00. The van der Waals surface area contributed by atoms with Crippen LogP contribution in [0.25, 0.3) is 10.4 Å². The zero-order chi connectivity index (χ0) is 8.97. The molecule has 0 fully saturated rings. The van der Waals surface area contributed by atoms with Crippen LogP contribution in [0.1, 0.15) is 18.8 Å². The molecule has 1 aromatic heterocycles. The minimum Gasteiger partial charge on any atom is -0.238 e. The van der Waals surface area contributed by atoms with Crippen LogP contribution in [0.4, 0.5) is 4.39 Å². The van der Waals surface area contributed by atoms with Gasteiger partial charge in [-0.2, -0.15) is 0 Å². The van der Waals surface area contributed by atoms with E-state index in [9.17, 15) is 4.39 Å². The van der Waals surface area contributed by atoms with Gasteiger partial charge in [0, 0.05) is 4.91 Å². The first-order chi connectivity index (χ1) is 5.74. The Kier molecular flexibility index (Phi) is 2.55. The van der Waals surface area contributed by atoms with E-state index in [0.717, 1.165) is 12.4 Å². The molecule has 0 saturated heterocycles. The summed E-state index contributed by atoms with van der Waals surface area (Å²) in [5.41, 5.74) is 8.08. The smallest absolute Gasteiger partial charge is 0.159 e. The van der Waals surface area contributed by atoms with E-state index in [0.29, 0.717) is 5.82 Å². The fourth-order valence-electron chi connectivity index (χ4n) is 0.667. The van der Waals surface area contributed by atoms with Gasteiger partial charge in [0.25, 0.3) is 0 Å². The molecule has 1 rings (SSSR count). The van der Waals surface area contributed by atoms with Gasteiger partial charge in [0.15, 0.2) is 5.82 Å². The van der Waals surface area contributed by atoms with Crippen LogP contribution in [0.3, 0.4) is 0 Å². The molecule has 0 radical (unpaired) electrons. The van der Waals surface area contributed by atoms with Crippen LogP contribution < -0.4 is 0 Å². The van der Waals surface area contributed by atoms with Gasteiger partial charge in [0.1, 0.15) is 5.82 Å². The number of nitrogens with zero attached hydrogens (tertiary/aromatic N) is 5. The predicted octanol–water partition coefficient (Wildman–Crippen LogP) is 1.99. The number of hydrogen-bond donors (Lipinski definition) is 0. The summed E-state index contributed by atoms with van der Waals surface area (Å²) in [6.07, 6.45) is 2.07. The number of hydrogen-bond acceptors (Lipinski definition) is 3. The Hall–Kier alpha value is -1.68. The summed E-state index contributed by atoms with van der Waals surface area (Å²) in [7, 11) is 0. The second-order valence-corrected chi connectivity index (χ2v) is 2.14. The highest BCUT2D eigenvalue weighted by atomic mass is 19.1. The molecular weight excluding hydrogens is 161 g/mol. The molecule has 0 saturated carbocycles. The van der Waals surface area contributed by atoms with E-state index in [2.05, 4.69) is 20.0 Å². The number of rotatable bonds is 2. The van der Waals surface area contributed by atoms with Crippen molar-refractivity contribution in [3.8, 4) is 0 Å². The molecular formula is C6H6FN5. The van der Waals surface area contributed by atoms with Crippen molar-refractivity contribution >= 4 is 0 Å². The van der Waals surface area contributed by atoms with Crippen LogP contribution in [-0.2, 0) is 0 Å². The van der Waals surface area contributed by atoms with Crippen LogP contribution in [0, 0.1) is 5.82 Å². The molecule has 0 aliphatic heterocycles. The maximum Gasteiger partial charge on any atom is 0.159 e. The van der Waals surface area contributed by atoms with Crippen molar-refractivity contribution in [2.75, 3.05) is 0 Å². The van der Waals surface area contributed by atoms with Gasteiger partial charge in [0.05, 0.1) is 18.4 Å². The first-order valence-corrected chi connectivity index (χ1v) is 3.25. The van der Waals surface area contributed by atoms with E-state index in [-0.39, 0.29) is 0 Å². The molecule has 0 N–H and O–H groups in total. The maximum absolute atomic E-state index is 12.3. The zero-order valence-corrected chi connectivity index (χ0v) is 6.35. The zero-order valence-electron chi connectivity index (χ0n) is 6.35. The second-order valence-electron chi connectivity index (χ2n) is 2.14. The van der Waals surface area contributed by atoms with Gasteiger partial charge in [0.2, 0.25) is 0 Å². The molecule has 5 nitrogen and oxygen atoms in total. The van der Waals surface area contributed by atoms with Crippen molar-refractivity contribution in [3.05, 3.63) is 34.5 Å². The topological polar surface area (TPSA) is 74.5 Å². The standard InChI is InChI=1S/C6H6FN5/c1-4(11-12-8)6-9-2-5(7)3-10-6/h2-4H,1H3. The molecule has 62 valence electrons. The Balaban J connectivity index is 2.89. The molecule has 1 atom stereocenters. The van der Waals surface area contributed by atoms with Gasteiger partial charge < -0.3 is 0 Å². The third-order valence-corrected chi connectivity index (χ3v) is 1.24. The first kappa shape index (κ1) is 8.42. The van der Waals surface area contributed by atoms with Crippen LogP contribution in [-0.4, -0.2) is 9.97 Å². The Labute approximate surface area is 67.9 Å². The Morgan fingerprint density at radius 3 is 2.67 bits per heavy atom. The van der Waals surface area contributed by atoms with Crippen molar-refractivity contribution in [2.45, 2.75) is 13.0 Å². The van der Waals surface area contributed by atoms with Crippen molar-refractivity contribution in [1.82, 2.24) is 9.97 Å². The van der Waals surface area contributed by atoms with Crippen molar-refractivity contribution in [3.63, 3.8) is 0 Å². The molecule has 1 heterocycles. The van der Waals surface area contributed by atoms with E-state index in [1.54, 1.807) is 6.92 Å². The fraction of sp³-hybridized carbons (Fsp3) is 0.333. The molecule has 0 bridgehead atoms. The lowest BCUT2D eigenvalue weighted by atomic mass is 10.3. The van der Waals surface area contributed by atoms with Crippen LogP contribution in [0.15, 0.2) is 17.5 Å². The third kappa shape index (κ3) is 1.90. The molecule has 0 aliphatic rings. The Bertz CT molecular complexity index is 302. The molecule has 1 unspecified atom stereocenters. The van der Waals surface area contributed by atoms with Gasteiger partial charge in [-0.05, 0) is 12.5 Å². The summed E-state index contributed by atoms with van der Waals surface area (Å²) in [5, 5.41) is 3.36. The van der Waals surface area contributed by atoms with Crippen LogP contribution >= 0.6 is 0 Å². The molecule has 12 heavy (non-hydrogen) atoms. The van der Waals surface area contributed by atoms with Crippen molar-refractivity contribution < 1.29 is 4.39 Å². The third-order valence-electron chi connectivity index (χ3n) is 1.24. The van der Waals surface area contributed by atoms with Crippen LogP contribution in [0.2, 0.25) is 0 Å². The van der Waals surface area contributed by atoms with Crippen molar-refractivity contribution in [1.29, 1.82) is 0 Å². The summed E-state index contributed by atoms with van der Waals surface area (Å²) in [6, 6.07) is -0.462. The van der Waals surface area contributed by atoms with E-state index in [1.165, 1.54) is 0 Å². The summed E-state index contributed by atoms with van der Waals surface area (Å²) in [5.74, 6) is -0.193. The Morgan fingerprint density at radius 1 is 1.58 bits per heavy atom. The number of aromatic nitrogens is 2. The van der Waals surface area contributed by atoms with E-state index < -0.39 is 11.9 Å². The quantitative estimate of drug-likeness (QED) is 0.383. The minimum atomic E-state index is -0.508. The molecule has 0 spiro atoms. The SMILES string of the molecule is CC(N=[N+]=[N-])c1ncc(F)cn1. The van der Waals surface area contributed by atoms with E-state index >= 15 is 0 Å². The highest BCUT2D eigenvalue weighted by Crippen LogP contribution is 2.10. The Morgan fingerprint density at radius 2 is 2.17 bits per heavy atom. The number of halogens is 1. The van der Waals surface area contributed by atoms with Gasteiger partial charge in [-0.15, -0.1) is 0 Å². The summed E-state index contributed by atoms with van der Waals surface area (Å²) in [4.78, 5) is 9.88. The largest absolute Gasteiger partial charge is 0.238 e. The lowest BCUT2D eigenvalue weighted by molar-refractivity contribution is 0.601. The maximum atomic E-state index is 12.3. The van der Waals surface area contributed by atoms with Gasteiger partial charge in [-0.1, -0.05) is 5.11 Å². The highest BCUT2D eigenvalue weighted by molar-refractivity contribution is 4.95. The first-order valence-electron chi connectivity index (χ1n) is 3.25. The lowest BCUT2D eigenvalue weighted by Crippen LogP contribution is -1.97. The predicted molar refractivity (Wildman–Crippen MR) is 39.6 cm³/mol. The fourth-order valence-corrected chi connectivity index (χ4v) is 0.667. The summed E-state index contributed by atoms with van der Waals surface area (Å²) in [6.45, 7) is 1.63. The van der Waals surface area contributed by atoms with Crippen LogP contribution in [0.5, 0.6) is 0 Å². The van der Waals surface area contributed by atoms with Gasteiger partial charge in [-0.25, -0.2) is 14.4 Å². The van der Waals surface area contributed by atoms with E-state index in [1.807, 2.05) is 0 Å². The minimum absolute atomic E-state index is 0.314. The molecule has 0 aromatic carbocycles. The molecule has 0 aliphatic carbocycles. The van der Waals surface area contributed by atoms with Crippen molar-refractivity contribution in [2.24, 2.45) is 5.11 Å². The normalized spacial score (nSPS) is 11.8. The van der Waals surface area contributed by atoms with Gasteiger partial charge in [-0.3, -0.25) is 0 Å². The second kappa shape index (κ2) is 3.64. The van der Waals surface area contributed by atoms with E-state index in [4.69, 9.17) is 5.53 Å². The molecule has 6 heteroatoms.